The highest BCUT2D eigenvalue weighted by molar-refractivity contribution is 5.97. The summed E-state index contributed by atoms with van der Waals surface area (Å²) in [4.78, 5) is 23.3. The smallest absolute Gasteiger partial charge is 0.422 e. The molecule has 9 nitrogen and oxygen atoms in total. The van der Waals surface area contributed by atoms with E-state index >= 15 is 0 Å². The predicted molar refractivity (Wildman–Crippen MR) is 103 cm³/mol. The third-order valence-electron chi connectivity index (χ3n) is 4.00. The molecule has 0 aliphatic carbocycles. The maximum Gasteiger partial charge on any atom is 0.422 e. The van der Waals surface area contributed by atoms with Crippen LogP contribution in [0.4, 0.5) is 30.2 Å². The van der Waals surface area contributed by atoms with Gasteiger partial charge < -0.3 is 25.7 Å². The summed E-state index contributed by atoms with van der Waals surface area (Å²) in [7, 11) is 0. The molecule has 0 spiro atoms. The lowest BCUT2D eigenvalue weighted by Crippen LogP contribution is -2.99. The number of quaternary nitrogens is 1. The maximum atomic E-state index is 13.1. The van der Waals surface area contributed by atoms with E-state index in [1.807, 2.05) is 0 Å². The van der Waals surface area contributed by atoms with Crippen molar-refractivity contribution in [2.75, 3.05) is 17.2 Å². The molecule has 0 radical (unpaired) electrons. The number of amides is 2. The molecular weight excluding hydrogens is 423 g/mol. The van der Waals surface area contributed by atoms with Crippen molar-refractivity contribution in [3.05, 3.63) is 53.2 Å². The van der Waals surface area contributed by atoms with Gasteiger partial charge in [-0.25, -0.2) is 5.21 Å². The molecule has 2 aromatic rings. The lowest BCUT2D eigenvalue weighted by atomic mass is 10.1. The van der Waals surface area contributed by atoms with Crippen molar-refractivity contribution in [3.63, 3.8) is 0 Å². The Morgan fingerprint density at radius 1 is 1.10 bits per heavy atom. The summed E-state index contributed by atoms with van der Waals surface area (Å²) in [5, 5.41) is 33.1. The Hall–Kier alpha value is -3.19. The van der Waals surface area contributed by atoms with E-state index in [4.69, 9.17) is 9.94 Å². The summed E-state index contributed by atoms with van der Waals surface area (Å²) in [6, 6.07) is 8.21. The first-order valence-corrected chi connectivity index (χ1v) is 8.78. The van der Waals surface area contributed by atoms with Crippen LogP contribution in [0, 0.1) is 5.21 Å². The highest BCUT2D eigenvalue weighted by atomic mass is 19.4. The Morgan fingerprint density at radius 3 is 2.19 bits per heavy atom. The number of hydrogen-bond acceptors (Lipinski definition) is 6. The number of aliphatic hydroxyl groups is 1. The lowest BCUT2D eigenvalue weighted by Gasteiger charge is -2.23. The Kier molecular flexibility index (Phi) is 7.23. The molecule has 2 rings (SSSR count). The van der Waals surface area contributed by atoms with E-state index in [-0.39, 0.29) is 17.3 Å². The Balaban J connectivity index is 2.07. The molecule has 0 aliphatic rings. The van der Waals surface area contributed by atoms with Crippen molar-refractivity contribution in [2.24, 2.45) is 0 Å². The summed E-state index contributed by atoms with van der Waals surface area (Å²) in [6.45, 7) is 1.91. The van der Waals surface area contributed by atoms with Crippen LogP contribution in [-0.4, -0.2) is 34.3 Å². The second-order valence-corrected chi connectivity index (χ2v) is 6.79. The molecular formula is C19H20F3N3O6. The summed E-state index contributed by atoms with van der Waals surface area (Å²) < 4.78 is 44.6. The number of halogens is 3. The van der Waals surface area contributed by atoms with E-state index in [1.54, 1.807) is 0 Å². The fraction of sp³-hybridized carbons (Fsp3) is 0.263. The molecule has 2 aromatic carbocycles. The van der Waals surface area contributed by atoms with Crippen LogP contribution in [0.15, 0.2) is 42.5 Å². The highest BCUT2D eigenvalue weighted by Gasteiger charge is 2.37. The SMILES string of the molecule is CC(=O)Nc1ccc(OCC(C)(O)C(=O)Nc2ccc([NH+]([O-])O)c(C(F)(F)F)c2)cc1. The Bertz CT molecular complexity index is 946. The van der Waals surface area contributed by atoms with Crippen LogP contribution in [0.25, 0.3) is 0 Å². The van der Waals surface area contributed by atoms with Crippen LogP contribution in [0.2, 0.25) is 0 Å². The molecule has 2 atom stereocenters. The normalized spacial score (nSPS) is 14.3. The first-order chi connectivity index (χ1) is 14.3. The number of hydrogen-bond donors (Lipinski definition) is 5. The average molecular weight is 443 g/mol. The topological polar surface area (TPSA) is 135 Å². The fourth-order valence-corrected chi connectivity index (χ4v) is 2.44. The zero-order valence-electron chi connectivity index (χ0n) is 16.4. The van der Waals surface area contributed by atoms with Crippen molar-refractivity contribution in [1.29, 1.82) is 0 Å². The molecule has 0 aliphatic heterocycles. The average Bonchev–Trinajstić information content (AvgIpc) is 2.66. The molecule has 0 saturated heterocycles. The van der Waals surface area contributed by atoms with Gasteiger partial charge in [-0.3, -0.25) is 9.59 Å². The van der Waals surface area contributed by atoms with Crippen LogP contribution >= 0.6 is 0 Å². The van der Waals surface area contributed by atoms with Gasteiger partial charge in [-0.1, -0.05) is 0 Å². The van der Waals surface area contributed by atoms with Crippen LogP contribution < -0.4 is 20.6 Å². The third kappa shape index (κ3) is 6.65. The molecule has 0 aromatic heterocycles. The summed E-state index contributed by atoms with van der Waals surface area (Å²) in [5.41, 5.74) is -4.37. The third-order valence-corrected chi connectivity index (χ3v) is 4.00. The molecule has 5 N–H and O–H groups in total. The molecule has 12 heteroatoms. The Labute approximate surface area is 174 Å². The van der Waals surface area contributed by atoms with Gasteiger partial charge >= 0.3 is 6.18 Å². The van der Waals surface area contributed by atoms with Crippen molar-refractivity contribution in [3.8, 4) is 5.75 Å². The van der Waals surface area contributed by atoms with Crippen molar-refractivity contribution < 1.29 is 43.0 Å². The molecule has 0 bridgehead atoms. The zero-order valence-corrected chi connectivity index (χ0v) is 16.4. The minimum absolute atomic E-state index is 0.265. The summed E-state index contributed by atoms with van der Waals surface area (Å²) in [5.74, 6) is -1.05. The number of carbonyl (C=O) groups excluding carboxylic acids is 2. The lowest BCUT2D eigenvalue weighted by molar-refractivity contribution is -0.991. The quantitative estimate of drug-likeness (QED) is 0.415. The first-order valence-electron chi connectivity index (χ1n) is 8.78. The van der Waals surface area contributed by atoms with Crippen LogP contribution in [0.5, 0.6) is 5.75 Å². The minimum atomic E-state index is -4.95. The second-order valence-electron chi connectivity index (χ2n) is 6.79. The van der Waals surface area contributed by atoms with Crippen molar-refractivity contribution in [1.82, 2.24) is 0 Å². The van der Waals surface area contributed by atoms with Crippen LogP contribution in [-0.2, 0) is 15.8 Å². The maximum absolute atomic E-state index is 13.1. The van der Waals surface area contributed by atoms with Gasteiger partial charge in [0.05, 0.1) is 0 Å². The molecule has 168 valence electrons. The standard InChI is InChI=1S/C19H20F3N3O6/c1-11(26)23-12-3-6-14(7-4-12)31-10-18(2,28)17(27)24-13-5-8-16(25(29)30)15(9-13)19(20,21)22/h3-9,25,28-29H,10H2,1-2H3,(H,23,26)(H,24,27). The van der Waals surface area contributed by atoms with E-state index in [0.29, 0.717) is 17.8 Å². The van der Waals surface area contributed by atoms with E-state index < -0.39 is 40.8 Å². The second kappa shape index (κ2) is 9.31. The highest BCUT2D eigenvalue weighted by Crippen LogP contribution is 2.35. The fourth-order valence-electron chi connectivity index (χ4n) is 2.44. The number of carbonyl (C=O) groups is 2. The molecule has 0 heterocycles. The number of rotatable bonds is 7. The molecule has 0 saturated carbocycles. The van der Waals surface area contributed by atoms with Crippen LogP contribution in [0.1, 0.15) is 19.4 Å². The van der Waals surface area contributed by atoms with Crippen molar-refractivity contribution >= 4 is 28.9 Å². The number of benzene rings is 2. The van der Waals surface area contributed by atoms with Gasteiger partial charge in [-0.2, -0.15) is 18.4 Å². The van der Waals surface area contributed by atoms with Gasteiger partial charge in [0.1, 0.15) is 17.9 Å². The first kappa shape index (κ1) is 24.1. The van der Waals surface area contributed by atoms with E-state index in [2.05, 4.69) is 10.6 Å². The van der Waals surface area contributed by atoms with Crippen molar-refractivity contribution in [2.45, 2.75) is 25.6 Å². The molecule has 2 amide bonds. The van der Waals surface area contributed by atoms with Gasteiger partial charge in [0, 0.05) is 24.4 Å². The van der Waals surface area contributed by atoms with Gasteiger partial charge in [0.15, 0.2) is 11.3 Å². The minimum Gasteiger partial charge on any atom is -0.595 e. The number of alkyl halides is 3. The summed E-state index contributed by atoms with van der Waals surface area (Å²) in [6.07, 6.45) is -4.95. The van der Waals surface area contributed by atoms with E-state index in [9.17, 15) is 33.1 Å². The van der Waals surface area contributed by atoms with Gasteiger partial charge in [0.25, 0.3) is 5.91 Å². The number of ether oxygens (including phenoxy) is 1. The van der Waals surface area contributed by atoms with Gasteiger partial charge in [0.2, 0.25) is 5.91 Å². The molecule has 2 unspecified atom stereocenters. The zero-order chi connectivity index (χ0) is 23.4. The number of anilines is 2. The Morgan fingerprint density at radius 2 is 1.68 bits per heavy atom. The van der Waals surface area contributed by atoms with Gasteiger partial charge in [-0.15, -0.1) is 0 Å². The molecule has 31 heavy (non-hydrogen) atoms. The monoisotopic (exact) mass is 443 g/mol. The van der Waals surface area contributed by atoms with E-state index in [1.165, 1.54) is 31.2 Å². The summed E-state index contributed by atoms with van der Waals surface area (Å²) >= 11 is 0. The predicted octanol–water partition coefficient (Wildman–Crippen LogP) is 1.84. The number of nitrogens with one attached hydrogen (secondary N) is 3. The van der Waals surface area contributed by atoms with E-state index in [0.717, 1.165) is 13.0 Å². The largest absolute Gasteiger partial charge is 0.595 e. The molecule has 0 fully saturated rings. The van der Waals surface area contributed by atoms with Crippen LogP contribution in [0.3, 0.4) is 0 Å². The van der Waals surface area contributed by atoms with Gasteiger partial charge in [-0.05, 0) is 43.3 Å².